The van der Waals surface area contributed by atoms with Crippen molar-refractivity contribution in [1.29, 1.82) is 0 Å². The normalized spacial score (nSPS) is 10.6. The molecule has 4 nitrogen and oxygen atoms in total. The molecule has 0 bridgehead atoms. The van der Waals surface area contributed by atoms with Crippen LogP contribution in [-0.4, -0.2) is 27.8 Å². The van der Waals surface area contributed by atoms with E-state index in [1.165, 1.54) is 0 Å². The van der Waals surface area contributed by atoms with E-state index in [0.717, 1.165) is 31.8 Å². The average Bonchev–Trinajstić information content (AvgIpc) is 2.37. The number of methoxy groups -OCH3 is 2. The lowest BCUT2D eigenvalue weighted by Crippen LogP contribution is -2.08. The second-order valence-corrected chi connectivity index (χ2v) is 5.03. The van der Waals surface area contributed by atoms with E-state index in [9.17, 15) is 0 Å². The van der Waals surface area contributed by atoms with Crippen molar-refractivity contribution in [3.05, 3.63) is 20.3 Å². The van der Waals surface area contributed by atoms with Crippen LogP contribution in [0.2, 0.25) is 0 Å². The van der Waals surface area contributed by atoms with Crippen LogP contribution < -0.4 is 9.47 Å². The van der Waals surface area contributed by atoms with Crippen LogP contribution in [-0.2, 0) is 9.47 Å². The van der Waals surface area contributed by atoms with Gasteiger partial charge < -0.3 is 18.9 Å². The van der Waals surface area contributed by atoms with Crippen LogP contribution in [0.5, 0.6) is 11.5 Å². The number of hydrogen-bond acceptors (Lipinski definition) is 4. The first kappa shape index (κ1) is 15.5. The SMILES string of the molecule is COCOc1c(C)c(C)c(OCOC)c(I)c1C. The lowest BCUT2D eigenvalue weighted by molar-refractivity contribution is 0.0466. The quantitative estimate of drug-likeness (QED) is 0.573. The topological polar surface area (TPSA) is 36.9 Å². The molecule has 1 aromatic rings. The highest BCUT2D eigenvalue weighted by Gasteiger charge is 2.17. The molecular formula is C13H19IO4. The standard InChI is InChI=1S/C13H19IO4/c1-8-9(2)13(18-7-16-5)11(14)10(3)12(8)17-6-15-4/h6-7H2,1-5H3. The monoisotopic (exact) mass is 366 g/mol. The fourth-order valence-electron chi connectivity index (χ4n) is 1.68. The molecule has 1 aromatic carbocycles. The molecule has 0 heterocycles. The third-order valence-electron chi connectivity index (χ3n) is 2.76. The minimum atomic E-state index is 0.244. The summed E-state index contributed by atoms with van der Waals surface area (Å²) in [4.78, 5) is 0. The van der Waals surface area contributed by atoms with E-state index in [4.69, 9.17) is 18.9 Å². The van der Waals surface area contributed by atoms with Gasteiger partial charge in [-0.05, 0) is 54.5 Å². The van der Waals surface area contributed by atoms with Gasteiger partial charge in [0, 0.05) is 19.8 Å². The van der Waals surface area contributed by atoms with Gasteiger partial charge in [-0.15, -0.1) is 0 Å². The van der Waals surface area contributed by atoms with Crippen molar-refractivity contribution >= 4 is 22.6 Å². The average molecular weight is 366 g/mol. The Balaban J connectivity index is 3.18. The first-order valence-corrected chi connectivity index (χ1v) is 6.65. The molecule has 18 heavy (non-hydrogen) atoms. The molecule has 0 aliphatic rings. The van der Waals surface area contributed by atoms with E-state index < -0.39 is 0 Å². The zero-order valence-corrected chi connectivity index (χ0v) is 13.6. The zero-order chi connectivity index (χ0) is 13.7. The smallest absolute Gasteiger partial charge is 0.188 e. The van der Waals surface area contributed by atoms with Gasteiger partial charge in [0.1, 0.15) is 11.5 Å². The summed E-state index contributed by atoms with van der Waals surface area (Å²) in [5, 5.41) is 0. The van der Waals surface area contributed by atoms with E-state index in [0.29, 0.717) is 0 Å². The Morgan fingerprint density at radius 1 is 0.778 bits per heavy atom. The molecule has 0 aromatic heterocycles. The Labute approximate surface area is 122 Å². The highest BCUT2D eigenvalue weighted by Crippen LogP contribution is 2.38. The van der Waals surface area contributed by atoms with Crippen molar-refractivity contribution in [1.82, 2.24) is 0 Å². The van der Waals surface area contributed by atoms with Crippen molar-refractivity contribution in [2.24, 2.45) is 0 Å². The van der Waals surface area contributed by atoms with Crippen LogP contribution in [0.3, 0.4) is 0 Å². The van der Waals surface area contributed by atoms with Crippen molar-refractivity contribution in [2.75, 3.05) is 27.8 Å². The summed E-state index contributed by atoms with van der Waals surface area (Å²) in [6.45, 7) is 6.53. The second kappa shape index (κ2) is 7.16. The molecule has 0 N–H and O–H groups in total. The van der Waals surface area contributed by atoms with E-state index in [2.05, 4.69) is 22.6 Å². The summed E-state index contributed by atoms with van der Waals surface area (Å²) < 4.78 is 22.2. The Bertz CT molecular complexity index is 350. The summed E-state index contributed by atoms with van der Waals surface area (Å²) in [5.41, 5.74) is 3.19. The van der Waals surface area contributed by atoms with Gasteiger partial charge in [0.15, 0.2) is 13.6 Å². The third kappa shape index (κ3) is 3.27. The molecule has 102 valence electrons. The van der Waals surface area contributed by atoms with Crippen LogP contribution in [0, 0.1) is 24.3 Å². The third-order valence-corrected chi connectivity index (χ3v) is 4.05. The van der Waals surface area contributed by atoms with Crippen molar-refractivity contribution < 1.29 is 18.9 Å². The predicted molar refractivity (Wildman–Crippen MR) is 78.4 cm³/mol. The number of ether oxygens (including phenoxy) is 4. The molecule has 1 rings (SSSR count). The molecule has 0 aliphatic carbocycles. The largest absolute Gasteiger partial charge is 0.467 e. The highest BCUT2D eigenvalue weighted by molar-refractivity contribution is 14.1. The van der Waals surface area contributed by atoms with Gasteiger partial charge in [0.25, 0.3) is 0 Å². The molecule has 5 heteroatoms. The highest BCUT2D eigenvalue weighted by atomic mass is 127. The number of benzene rings is 1. The van der Waals surface area contributed by atoms with Crippen LogP contribution in [0.1, 0.15) is 16.7 Å². The Morgan fingerprint density at radius 2 is 1.22 bits per heavy atom. The minimum absolute atomic E-state index is 0.244. The maximum Gasteiger partial charge on any atom is 0.188 e. The first-order chi connectivity index (χ1) is 8.54. The van der Waals surface area contributed by atoms with Gasteiger partial charge in [0.2, 0.25) is 0 Å². The van der Waals surface area contributed by atoms with Crippen LogP contribution in [0.15, 0.2) is 0 Å². The molecule has 0 aliphatic heterocycles. The van der Waals surface area contributed by atoms with E-state index >= 15 is 0 Å². The van der Waals surface area contributed by atoms with Gasteiger partial charge in [-0.25, -0.2) is 0 Å². The maximum atomic E-state index is 5.62. The van der Waals surface area contributed by atoms with Crippen molar-refractivity contribution in [2.45, 2.75) is 20.8 Å². The lowest BCUT2D eigenvalue weighted by Gasteiger charge is -2.19. The Hall–Kier alpha value is -0.530. The molecular weight excluding hydrogens is 347 g/mol. The van der Waals surface area contributed by atoms with Gasteiger partial charge in [-0.2, -0.15) is 0 Å². The maximum absolute atomic E-state index is 5.62. The molecule has 0 spiro atoms. The Morgan fingerprint density at radius 3 is 1.72 bits per heavy atom. The summed E-state index contributed by atoms with van der Waals surface area (Å²) in [7, 11) is 3.22. The van der Waals surface area contributed by atoms with Crippen molar-refractivity contribution in [3.63, 3.8) is 0 Å². The Kier molecular flexibility index (Phi) is 6.17. The first-order valence-electron chi connectivity index (χ1n) is 5.57. The van der Waals surface area contributed by atoms with Crippen molar-refractivity contribution in [3.8, 4) is 11.5 Å². The summed E-state index contributed by atoms with van der Waals surface area (Å²) >= 11 is 2.26. The lowest BCUT2D eigenvalue weighted by atomic mass is 10.0. The minimum Gasteiger partial charge on any atom is -0.467 e. The molecule has 0 atom stereocenters. The molecule has 0 fully saturated rings. The van der Waals surface area contributed by atoms with Gasteiger partial charge in [-0.1, -0.05) is 0 Å². The van der Waals surface area contributed by atoms with Crippen LogP contribution >= 0.6 is 22.6 Å². The fourth-order valence-corrected chi connectivity index (χ4v) is 2.49. The number of hydrogen-bond donors (Lipinski definition) is 0. The van der Waals surface area contributed by atoms with E-state index in [1.807, 2.05) is 20.8 Å². The fraction of sp³-hybridized carbons (Fsp3) is 0.538. The number of halogens is 1. The summed E-state index contributed by atoms with van der Waals surface area (Å²) in [6.07, 6.45) is 0. The molecule has 0 radical (unpaired) electrons. The van der Waals surface area contributed by atoms with Gasteiger partial charge in [0.05, 0.1) is 3.57 Å². The van der Waals surface area contributed by atoms with E-state index in [1.54, 1.807) is 14.2 Å². The summed E-state index contributed by atoms with van der Waals surface area (Å²) in [6, 6.07) is 0. The predicted octanol–water partition coefficient (Wildman–Crippen LogP) is 3.18. The van der Waals surface area contributed by atoms with Gasteiger partial charge >= 0.3 is 0 Å². The molecule has 0 saturated heterocycles. The van der Waals surface area contributed by atoms with E-state index in [-0.39, 0.29) is 13.6 Å². The van der Waals surface area contributed by atoms with Crippen LogP contribution in [0.4, 0.5) is 0 Å². The molecule has 0 unspecified atom stereocenters. The van der Waals surface area contributed by atoms with Gasteiger partial charge in [-0.3, -0.25) is 0 Å². The zero-order valence-electron chi connectivity index (χ0n) is 11.4. The molecule has 0 amide bonds. The van der Waals surface area contributed by atoms with Crippen LogP contribution in [0.25, 0.3) is 0 Å². The second-order valence-electron chi connectivity index (χ2n) is 3.95. The molecule has 0 saturated carbocycles. The number of rotatable bonds is 6. The summed E-state index contributed by atoms with van der Waals surface area (Å²) in [5.74, 6) is 1.72.